The molecule has 0 bridgehead atoms. The van der Waals surface area contributed by atoms with E-state index in [0.29, 0.717) is 17.7 Å². The van der Waals surface area contributed by atoms with Crippen molar-refractivity contribution < 1.29 is 9.53 Å². The number of aryl methyl sites for hydroxylation is 3. The van der Waals surface area contributed by atoms with Gasteiger partial charge in [0.05, 0.1) is 0 Å². The van der Waals surface area contributed by atoms with Gasteiger partial charge in [0.2, 0.25) is 5.91 Å². The molecule has 2 fully saturated rings. The molecule has 2 aliphatic carbocycles. The largest absolute Gasteiger partial charge is 0.485 e. The Bertz CT molecular complexity index is 922. The van der Waals surface area contributed by atoms with E-state index in [0.717, 1.165) is 57.4 Å². The van der Waals surface area contributed by atoms with Crippen LogP contribution in [0.2, 0.25) is 0 Å². The van der Waals surface area contributed by atoms with Gasteiger partial charge in [0.1, 0.15) is 11.9 Å². The van der Waals surface area contributed by atoms with Crippen molar-refractivity contribution in [3.05, 3.63) is 64.2 Å². The summed E-state index contributed by atoms with van der Waals surface area (Å²) in [4.78, 5) is 14.4. The zero-order valence-corrected chi connectivity index (χ0v) is 17.5. The molecule has 1 saturated heterocycles. The fourth-order valence-corrected chi connectivity index (χ4v) is 4.97. The van der Waals surface area contributed by atoms with Gasteiger partial charge in [0.15, 0.2) is 0 Å². The van der Waals surface area contributed by atoms with Gasteiger partial charge in [0.25, 0.3) is 0 Å². The molecule has 5 rings (SSSR count). The van der Waals surface area contributed by atoms with Gasteiger partial charge in [-0.15, -0.1) is 0 Å². The Balaban J connectivity index is 1.24. The van der Waals surface area contributed by atoms with Crippen LogP contribution in [0.5, 0.6) is 5.75 Å². The van der Waals surface area contributed by atoms with Crippen LogP contribution in [0.3, 0.4) is 0 Å². The van der Waals surface area contributed by atoms with Gasteiger partial charge in [-0.3, -0.25) is 4.79 Å². The molecule has 3 aliphatic rings. The van der Waals surface area contributed by atoms with Crippen LogP contribution >= 0.6 is 0 Å². The first-order valence-electron chi connectivity index (χ1n) is 11.2. The minimum absolute atomic E-state index is 0.117. The molecule has 0 N–H and O–H groups in total. The first kappa shape index (κ1) is 18.7. The van der Waals surface area contributed by atoms with Crippen LogP contribution in [0.15, 0.2) is 30.3 Å². The van der Waals surface area contributed by atoms with Gasteiger partial charge in [-0.25, -0.2) is 0 Å². The zero-order chi connectivity index (χ0) is 20.0. The molecule has 3 heteroatoms. The van der Waals surface area contributed by atoms with Crippen LogP contribution < -0.4 is 4.74 Å². The second-order valence-corrected chi connectivity index (χ2v) is 9.16. The van der Waals surface area contributed by atoms with Crippen molar-refractivity contribution in [1.82, 2.24) is 4.90 Å². The third-order valence-corrected chi connectivity index (χ3v) is 6.87. The first-order chi connectivity index (χ1) is 14.1. The molecule has 0 aromatic heterocycles. The lowest BCUT2D eigenvalue weighted by Gasteiger charge is -2.32. The smallest absolute Gasteiger partial charge is 0.225 e. The summed E-state index contributed by atoms with van der Waals surface area (Å²) in [6.45, 7) is 6.09. The van der Waals surface area contributed by atoms with Crippen molar-refractivity contribution in [3.63, 3.8) is 0 Å². The zero-order valence-electron chi connectivity index (χ0n) is 17.5. The topological polar surface area (TPSA) is 29.5 Å². The Hall–Kier alpha value is -2.29. The number of carbonyl (C=O) groups excluding carboxylic acids is 1. The van der Waals surface area contributed by atoms with Crippen molar-refractivity contribution in [1.29, 1.82) is 0 Å². The highest BCUT2D eigenvalue weighted by Gasteiger charge is 2.35. The molecule has 1 atom stereocenters. The molecule has 1 saturated carbocycles. The SMILES string of the molecule is Cc1c[c]c2c(c1)CCC2Oc1ccc(C2CCN(C(=O)C3CC3)CC2)cc1C. The Labute approximate surface area is 174 Å². The van der Waals surface area contributed by atoms with E-state index >= 15 is 0 Å². The number of fused-ring (bicyclic) bond motifs is 1. The van der Waals surface area contributed by atoms with Crippen molar-refractivity contribution in [2.24, 2.45) is 5.92 Å². The number of rotatable bonds is 4. The normalized spacial score (nSPS) is 21.9. The maximum atomic E-state index is 12.3. The fraction of sp³-hybridized carbons (Fsp3) is 0.500. The molecule has 1 amide bonds. The van der Waals surface area contributed by atoms with Gasteiger partial charge >= 0.3 is 0 Å². The maximum Gasteiger partial charge on any atom is 0.225 e. The van der Waals surface area contributed by atoms with Gasteiger partial charge in [-0.2, -0.15) is 0 Å². The summed E-state index contributed by atoms with van der Waals surface area (Å²) in [6.07, 6.45) is 6.57. The maximum absolute atomic E-state index is 12.3. The molecule has 2 aromatic carbocycles. The highest BCUT2D eigenvalue weighted by Crippen LogP contribution is 2.38. The van der Waals surface area contributed by atoms with Crippen LogP contribution in [0.25, 0.3) is 0 Å². The summed E-state index contributed by atoms with van der Waals surface area (Å²) < 4.78 is 6.41. The van der Waals surface area contributed by atoms with Crippen molar-refractivity contribution >= 4 is 5.91 Å². The Morgan fingerprint density at radius 2 is 1.86 bits per heavy atom. The number of amides is 1. The molecule has 3 nitrogen and oxygen atoms in total. The minimum atomic E-state index is 0.117. The second kappa shape index (κ2) is 7.51. The number of ether oxygens (including phenoxy) is 1. The molecule has 1 heterocycles. The average Bonchev–Trinajstić information content (AvgIpc) is 3.51. The number of hydrogen-bond acceptors (Lipinski definition) is 2. The second-order valence-electron chi connectivity index (χ2n) is 9.16. The van der Waals surface area contributed by atoms with Crippen LogP contribution in [0.4, 0.5) is 0 Å². The van der Waals surface area contributed by atoms with E-state index in [-0.39, 0.29) is 6.10 Å². The van der Waals surface area contributed by atoms with E-state index < -0.39 is 0 Å². The Morgan fingerprint density at radius 3 is 2.59 bits per heavy atom. The summed E-state index contributed by atoms with van der Waals surface area (Å²) in [7, 11) is 0. The highest BCUT2D eigenvalue weighted by atomic mass is 16.5. The van der Waals surface area contributed by atoms with Crippen molar-refractivity contribution in [3.8, 4) is 5.75 Å². The number of piperidine rings is 1. The molecular formula is C26H30NO2. The van der Waals surface area contributed by atoms with Crippen LogP contribution in [-0.4, -0.2) is 23.9 Å². The monoisotopic (exact) mass is 388 g/mol. The summed E-state index contributed by atoms with van der Waals surface area (Å²) in [5, 5.41) is 0. The van der Waals surface area contributed by atoms with Gasteiger partial charge < -0.3 is 9.64 Å². The van der Waals surface area contributed by atoms with E-state index in [2.05, 4.69) is 55.1 Å². The Kier molecular flexibility index (Phi) is 4.85. The van der Waals surface area contributed by atoms with Crippen LogP contribution in [-0.2, 0) is 11.2 Å². The van der Waals surface area contributed by atoms with Gasteiger partial charge in [-0.1, -0.05) is 29.8 Å². The lowest BCUT2D eigenvalue weighted by atomic mass is 9.88. The summed E-state index contributed by atoms with van der Waals surface area (Å²) in [5.74, 6) is 2.27. The predicted molar refractivity (Wildman–Crippen MR) is 114 cm³/mol. The average molecular weight is 389 g/mol. The standard InChI is InChI=1S/C26H30NO2/c1-17-3-8-23-22(15-17)7-10-25(23)29-24-9-6-21(16-18(24)2)19-11-13-27(14-12-19)26(28)20-4-5-20/h3,6,9,15-16,19-20,25H,4-5,7,10-14H2,1-2H3. The lowest BCUT2D eigenvalue weighted by molar-refractivity contribution is -0.133. The molecule has 1 radical (unpaired) electrons. The number of hydrogen-bond donors (Lipinski definition) is 0. The minimum Gasteiger partial charge on any atom is -0.485 e. The fourth-order valence-electron chi connectivity index (χ4n) is 4.97. The third kappa shape index (κ3) is 3.80. The summed E-state index contributed by atoms with van der Waals surface area (Å²) in [5.41, 5.74) is 6.49. The quantitative estimate of drug-likeness (QED) is 0.713. The number of benzene rings is 2. The van der Waals surface area contributed by atoms with Gasteiger partial charge in [0, 0.05) is 24.6 Å². The van der Waals surface area contributed by atoms with Crippen LogP contribution in [0, 0.1) is 25.8 Å². The van der Waals surface area contributed by atoms with Crippen LogP contribution in [0.1, 0.15) is 71.9 Å². The summed E-state index contributed by atoms with van der Waals surface area (Å²) >= 11 is 0. The number of carbonyl (C=O) groups is 1. The molecule has 1 unspecified atom stereocenters. The predicted octanol–water partition coefficient (Wildman–Crippen LogP) is 5.29. The number of nitrogens with zero attached hydrogens (tertiary/aromatic N) is 1. The van der Waals surface area contributed by atoms with E-state index in [9.17, 15) is 4.79 Å². The third-order valence-electron chi connectivity index (χ3n) is 6.87. The van der Waals surface area contributed by atoms with E-state index in [1.165, 1.54) is 27.8 Å². The van der Waals surface area contributed by atoms with E-state index in [1.54, 1.807) is 0 Å². The first-order valence-corrected chi connectivity index (χ1v) is 11.2. The highest BCUT2D eigenvalue weighted by molar-refractivity contribution is 5.81. The van der Waals surface area contributed by atoms with Crippen molar-refractivity contribution in [2.45, 2.75) is 64.4 Å². The molecular weight excluding hydrogens is 358 g/mol. The Morgan fingerprint density at radius 1 is 1.07 bits per heavy atom. The number of likely N-dealkylation sites (tertiary alicyclic amines) is 1. The lowest BCUT2D eigenvalue weighted by Crippen LogP contribution is -2.38. The molecule has 2 aromatic rings. The molecule has 151 valence electrons. The van der Waals surface area contributed by atoms with E-state index in [4.69, 9.17) is 4.74 Å². The molecule has 0 spiro atoms. The van der Waals surface area contributed by atoms with E-state index in [1.807, 2.05) is 0 Å². The van der Waals surface area contributed by atoms with Crippen molar-refractivity contribution in [2.75, 3.05) is 13.1 Å². The summed E-state index contributed by atoms with van der Waals surface area (Å²) in [6, 6.07) is 14.5. The molecule has 1 aliphatic heterocycles. The van der Waals surface area contributed by atoms with Gasteiger partial charge in [-0.05, 0) is 87.1 Å². The molecule has 29 heavy (non-hydrogen) atoms.